The van der Waals surface area contributed by atoms with Gasteiger partial charge in [0.05, 0.1) is 17.7 Å². The Bertz CT molecular complexity index is 584. The molecule has 0 aromatic heterocycles. The van der Waals surface area contributed by atoms with E-state index in [1.807, 2.05) is 0 Å². The van der Waals surface area contributed by atoms with Crippen LogP contribution in [0.25, 0.3) is 0 Å². The molecule has 0 aliphatic rings. The van der Waals surface area contributed by atoms with Crippen LogP contribution < -0.4 is 20.9 Å². The SMILES string of the molecule is COc1ccc(S(N)(=O)=O)cc1NC(=O)C(CN)OC. The molecule has 5 N–H and O–H groups in total. The lowest BCUT2D eigenvalue weighted by atomic mass is 10.2. The standard InChI is InChI=1S/C11H17N3O5S/c1-18-9-4-3-7(20(13,16)17)5-8(9)14-11(15)10(6-12)19-2/h3-5,10H,6,12H2,1-2H3,(H,14,15)(H2,13,16,17). The van der Waals surface area contributed by atoms with E-state index < -0.39 is 22.0 Å². The highest BCUT2D eigenvalue weighted by Crippen LogP contribution is 2.27. The van der Waals surface area contributed by atoms with Gasteiger partial charge in [-0.25, -0.2) is 13.6 Å². The van der Waals surface area contributed by atoms with Crippen LogP contribution in [0.15, 0.2) is 23.1 Å². The number of primary sulfonamides is 1. The lowest BCUT2D eigenvalue weighted by molar-refractivity contribution is -0.125. The lowest BCUT2D eigenvalue weighted by Gasteiger charge is -2.15. The van der Waals surface area contributed by atoms with Gasteiger partial charge >= 0.3 is 0 Å². The Morgan fingerprint density at radius 2 is 2.05 bits per heavy atom. The van der Waals surface area contributed by atoms with Gasteiger partial charge in [0.2, 0.25) is 10.0 Å². The second-order valence-corrected chi connectivity index (χ2v) is 5.42. The number of rotatable bonds is 6. The van der Waals surface area contributed by atoms with Crippen LogP contribution in [0.1, 0.15) is 0 Å². The summed E-state index contributed by atoms with van der Waals surface area (Å²) < 4.78 is 32.5. The van der Waals surface area contributed by atoms with Crippen LogP contribution in [0.4, 0.5) is 5.69 Å². The Labute approximate surface area is 117 Å². The van der Waals surface area contributed by atoms with Crippen LogP contribution in [-0.4, -0.2) is 41.2 Å². The zero-order valence-corrected chi connectivity index (χ0v) is 11.9. The van der Waals surface area contributed by atoms with E-state index in [4.69, 9.17) is 20.3 Å². The van der Waals surface area contributed by atoms with Crippen LogP contribution in [0, 0.1) is 0 Å². The molecule has 20 heavy (non-hydrogen) atoms. The van der Waals surface area contributed by atoms with Crippen LogP contribution >= 0.6 is 0 Å². The summed E-state index contributed by atoms with van der Waals surface area (Å²) in [6, 6.07) is 3.87. The Morgan fingerprint density at radius 3 is 2.50 bits per heavy atom. The molecular weight excluding hydrogens is 286 g/mol. The predicted octanol–water partition coefficient (Wildman–Crippen LogP) is -0.745. The number of sulfonamides is 1. The third kappa shape index (κ3) is 3.90. The Hall–Kier alpha value is -1.68. The minimum absolute atomic E-state index is 0.0144. The predicted molar refractivity (Wildman–Crippen MR) is 72.8 cm³/mol. The number of hydrogen-bond acceptors (Lipinski definition) is 6. The monoisotopic (exact) mass is 303 g/mol. The molecular formula is C11H17N3O5S. The van der Waals surface area contributed by atoms with Gasteiger partial charge in [0.25, 0.3) is 5.91 Å². The van der Waals surface area contributed by atoms with Gasteiger partial charge < -0.3 is 20.5 Å². The molecule has 1 amide bonds. The highest BCUT2D eigenvalue weighted by molar-refractivity contribution is 7.89. The van der Waals surface area contributed by atoms with Crippen molar-refractivity contribution >= 4 is 21.6 Å². The highest BCUT2D eigenvalue weighted by Gasteiger charge is 2.19. The molecule has 8 nitrogen and oxygen atoms in total. The van der Waals surface area contributed by atoms with E-state index in [1.165, 1.54) is 32.4 Å². The number of carbonyl (C=O) groups excluding carboxylic acids is 1. The molecule has 0 spiro atoms. The Morgan fingerprint density at radius 1 is 1.40 bits per heavy atom. The van der Waals surface area contributed by atoms with Crippen molar-refractivity contribution in [2.75, 3.05) is 26.1 Å². The first-order valence-electron chi connectivity index (χ1n) is 5.58. The second kappa shape index (κ2) is 6.66. The van der Waals surface area contributed by atoms with Gasteiger partial charge in [-0.05, 0) is 18.2 Å². The average Bonchev–Trinajstić information content (AvgIpc) is 2.39. The number of hydrogen-bond donors (Lipinski definition) is 3. The molecule has 1 unspecified atom stereocenters. The number of benzene rings is 1. The first-order chi connectivity index (χ1) is 9.33. The Kier molecular flexibility index (Phi) is 5.45. The number of anilines is 1. The van der Waals surface area contributed by atoms with Gasteiger partial charge in [-0.1, -0.05) is 0 Å². The van der Waals surface area contributed by atoms with Gasteiger partial charge in [-0.15, -0.1) is 0 Å². The fraction of sp³-hybridized carbons (Fsp3) is 0.364. The molecule has 9 heteroatoms. The van der Waals surface area contributed by atoms with Crippen molar-refractivity contribution in [1.29, 1.82) is 0 Å². The maximum Gasteiger partial charge on any atom is 0.254 e. The Balaban J connectivity index is 3.12. The minimum atomic E-state index is -3.88. The van der Waals surface area contributed by atoms with Crippen molar-refractivity contribution in [3.63, 3.8) is 0 Å². The van der Waals surface area contributed by atoms with Crippen molar-refractivity contribution in [1.82, 2.24) is 0 Å². The molecule has 112 valence electrons. The molecule has 0 fully saturated rings. The summed E-state index contributed by atoms with van der Waals surface area (Å²) in [5, 5.41) is 7.52. The van der Waals surface area contributed by atoms with Crippen LogP contribution in [-0.2, 0) is 19.6 Å². The zero-order valence-electron chi connectivity index (χ0n) is 11.1. The third-order valence-electron chi connectivity index (χ3n) is 2.55. The molecule has 0 aliphatic carbocycles. The van der Waals surface area contributed by atoms with Gasteiger partial charge in [0, 0.05) is 13.7 Å². The number of nitrogens with one attached hydrogen (secondary N) is 1. The fourth-order valence-corrected chi connectivity index (χ4v) is 2.03. The first kappa shape index (κ1) is 16.4. The van der Waals surface area contributed by atoms with Gasteiger partial charge in [0.1, 0.15) is 11.9 Å². The quantitative estimate of drug-likeness (QED) is 0.633. The molecule has 1 aromatic carbocycles. The van der Waals surface area contributed by atoms with E-state index in [9.17, 15) is 13.2 Å². The largest absolute Gasteiger partial charge is 0.495 e. The lowest BCUT2D eigenvalue weighted by Crippen LogP contribution is -2.36. The molecule has 0 bridgehead atoms. The van der Waals surface area contributed by atoms with E-state index >= 15 is 0 Å². The van der Waals surface area contributed by atoms with Crippen LogP contribution in [0.3, 0.4) is 0 Å². The molecule has 0 saturated heterocycles. The molecule has 1 atom stereocenters. The van der Waals surface area contributed by atoms with E-state index in [-0.39, 0.29) is 22.9 Å². The van der Waals surface area contributed by atoms with Gasteiger partial charge in [-0.3, -0.25) is 4.79 Å². The van der Waals surface area contributed by atoms with Crippen molar-refractivity contribution in [2.24, 2.45) is 10.9 Å². The maximum atomic E-state index is 11.9. The van der Waals surface area contributed by atoms with E-state index in [0.29, 0.717) is 0 Å². The number of amides is 1. The van der Waals surface area contributed by atoms with Crippen molar-refractivity contribution in [3.8, 4) is 5.75 Å². The molecule has 1 rings (SSSR count). The maximum absolute atomic E-state index is 11.9. The summed E-state index contributed by atoms with van der Waals surface area (Å²) in [6.07, 6.45) is -0.849. The van der Waals surface area contributed by atoms with Gasteiger partial charge in [0.15, 0.2) is 0 Å². The topological polar surface area (TPSA) is 134 Å². The molecule has 1 aromatic rings. The van der Waals surface area contributed by atoms with E-state index in [2.05, 4.69) is 5.32 Å². The number of nitrogens with two attached hydrogens (primary N) is 2. The number of methoxy groups -OCH3 is 2. The van der Waals surface area contributed by atoms with Crippen molar-refractivity contribution < 1.29 is 22.7 Å². The highest BCUT2D eigenvalue weighted by atomic mass is 32.2. The number of ether oxygens (including phenoxy) is 2. The molecule has 0 radical (unpaired) electrons. The zero-order chi connectivity index (χ0) is 15.3. The molecule has 0 heterocycles. The number of carbonyl (C=O) groups is 1. The third-order valence-corrected chi connectivity index (χ3v) is 3.46. The fourth-order valence-electron chi connectivity index (χ4n) is 1.49. The van der Waals surface area contributed by atoms with Crippen LogP contribution in [0.2, 0.25) is 0 Å². The summed E-state index contributed by atoms with van der Waals surface area (Å²) in [4.78, 5) is 11.7. The average molecular weight is 303 g/mol. The summed E-state index contributed by atoms with van der Waals surface area (Å²) in [6.45, 7) is -0.0144. The summed E-state index contributed by atoms with van der Waals surface area (Å²) in [5.74, 6) is -0.225. The first-order valence-corrected chi connectivity index (χ1v) is 7.12. The van der Waals surface area contributed by atoms with Gasteiger partial charge in [-0.2, -0.15) is 0 Å². The van der Waals surface area contributed by atoms with E-state index in [1.54, 1.807) is 0 Å². The van der Waals surface area contributed by atoms with Crippen molar-refractivity contribution in [3.05, 3.63) is 18.2 Å². The smallest absolute Gasteiger partial charge is 0.254 e. The second-order valence-electron chi connectivity index (χ2n) is 3.86. The van der Waals surface area contributed by atoms with E-state index in [0.717, 1.165) is 0 Å². The normalized spacial score (nSPS) is 12.8. The van der Waals surface area contributed by atoms with Crippen LogP contribution in [0.5, 0.6) is 5.75 Å². The summed E-state index contributed by atoms with van der Waals surface area (Å²) in [5.41, 5.74) is 5.54. The molecule has 0 aliphatic heterocycles. The summed E-state index contributed by atoms with van der Waals surface area (Å²) in [7, 11) is -1.15. The van der Waals surface area contributed by atoms with Crippen molar-refractivity contribution in [2.45, 2.75) is 11.0 Å². The summed E-state index contributed by atoms with van der Waals surface area (Å²) >= 11 is 0. The molecule has 0 saturated carbocycles. The minimum Gasteiger partial charge on any atom is -0.495 e.